The Balaban J connectivity index is 1.45. The highest BCUT2D eigenvalue weighted by molar-refractivity contribution is 5.82. The molecular formula is C21H24N4. The van der Waals surface area contributed by atoms with Crippen molar-refractivity contribution in [2.45, 2.75) is 32.2 Å². The molecule has 3 aromatic rings. The van der Waals surface area contributed by atoms with Crippen LogP contribution in [0, 0.1) is 5.92 Å². The van der Waals surface area contributed by atoms with E-state index in [1.54, 1.807) is 0 Å². The molecule has 5 rings (SSSR count). The molecule has 2 aromatic heterocycles. The molecular weight excluding hydrogens is 308 g/mol. The molecule has 1 saturated heterocycles. The molecule has 0 bridgehead atoms. The molecule has 0 radical (unpaired) electrons. The minimum Gasteiger partial charge on any atom is -0.301 e. The molecule has 0 N–H and O–H groups in total. The first kappa shape index (κ1) is 15.1. The summed E-state index contributed by atoms with van der Waals surface area (Å²) in [5, 5.41) is 6.06. The Kier molecular flexibility index (Phi) is 3.26. The van der Waals surface area contributed by atoms with Crippen LogP contribution >= 0.6 is 0 Å². The number of nitrogens with zero attached hydrogens (tertiary/aromatic N) is 4. The largest absolute Gasteiger partial charge is 0.301 e. The Morgan fingerprint density at radius 2 is 2.00 bits per heavy atom. The van der Waals surface area contributed by atoms with E-state index in [4.69, 9.17) is 5.10 Å². The molecule has 4 heteroatoms. The summed E-state index contributed by atoms with van der Waals surface area (Å²) in [7, 11) is 0. The lowest BCUT2D eigenvalue weighted by Crippen LogP contribution is -2.58. The highest BCUT2D eigenvalue weighted by atomic mass is 15.3. The smallest absolute Gasteiger partial charge is 0.0942 e. The molecule has 0 saturated carbocycles. The predicted octanol–water partition coefficient (Wildman–Crippen LogP) is 3.71. The third-order valence-corrected chi connectivity index (χ3v) is 5.69. The molecule has 0 amide bonds. The average molecular weight is 332 g/mol. The zero-order valence-electron chi connectivity index (χ0n) is 14.9. The quantitative estimate of drug-likeness (QED) is 0.733. The van der Waals surface area contributed by atoms with Crippen molar-refractivity contribution in [3.8, 4) is 11.3 Å². The van der Waals surface area contributed by atoms with Gasteiger partial charge in [0.1, 0.15) is 0 Å². The number of para-hydroxylation sites is 1. The average Bonchev–Trinajstić information content (AvgIpc) is 3.14. The van der Waals surface area contributed by atoms with Crippen LogP contribution in [-0.4, -0.2) is 39.3 Å². The van der Waals surface area contributed by atoms with Crippen molar-refractivity contribution >= 4 is 10.9 Å². The van der Waals surface area contributed by atoms with Crippen LogP contribution in [0.2, 0.25) is 0 Å². The van der Waals surface area contributed by atoms with Crippen molar-refractivity contribution in [1.29, 1.82) is 0 Å². The Bertz CT molecular complexity index is 934. The summed E-state index contributed by atoms with van der Waals surface area (Å²) in [4.78, 5) is 7.19. The second kappa shape index (κ2) is 5.40. The van der Waals surface area contributed by atoms with Gasteiger partial charge in [-0.25, -0.2) is 0 Å². The number of aryl methyl sites for hydroxylation is 1. The minimum absolute atomic E-state index is 0.338. The van der Waals surface area contributed by atoms with Crippen LogP contribution in [-0.2, 0) is 12.0 Å². The first-order valence-corrected chi connectivity index (χ1v) is 9.29. The molecule has 4 nitrogen and oxygen atoms in total. The van der Waals surface area contributed by atoms with Crippen molar-refractivity contribution in [1.82, 2.24) is 19.7 Å². The van der Waals surface area contributed by atoms with Gasteiger partial charge in [0.05, 0.1) is 11.2 Å². The van der Waals surface area contributed by atoms with E-state index in [1.165, 1.54) is 37.1 Å². The lowest BCUT2D eigenvalue weighted by atomic mass is 9.75. The fourth-order valence-electron chi connectivity index (χ4n) is 4.59. The van der Waals surface area contributed by atoms with Crippen molar-refractivity contribution in [3.05, 3.63) is 48.3 Å². The normalized spacial score (nSPS) is 18.8. The van der Waals surface area contributed by atoms with Gasteiger partial charge in [-0.3, -0.25) is 9.67 Å². The SMILES string of the molecule is CC(C)CN1CC2(CCn3nc(-c4cnc5ccccc5c4)cc32)C1. The van der Waals surface area contributed by atoms with Gasteiger partial charge in [0, 0.05) is 54.4 Å². The van der Waals surface area contributed by atoms with E-state index in [0.29, 0.717) is 5.41 Å². The number of hydrogen-bond acceptors (Lipinski definition) is 3. The molecule has 1 fully saturated rings. The van der Waals surface area contributed by atoms with Crippen molar-refractivity contribution in [2.75, 3.05) is 19.6 Å². The predicted molar refractivity (Wildman–Crippen MR) is 101 cm³/mol. The van der Waals surface area contributed by atoms with E-state index < -0.39 is 0 Å². The van der Waals surface area contributed by atoms with Crippen LogP contribution in [0.4, 0.5) is 0 Å². The fourth-order valence-corrected chi connectivity index (χ4v) is 4.59. The van der Waals surface area contributed by atoms with Gasteiger partial charge >= 0.3 is 0 Å². The van der Waals surface area contributed by atoms with Gasteiger partial charge < -0.3 is 4.90 Å². The topological polar surface area (TPSA) is 34.0 Å². The van der Waals surface area contributed by atoms with Gasteiger partial charge in [-0.15, -0.1) is 0 Å². The molecule has 2 aliphatic heterocycles. The van der Waals surface area contributed by atoms with Gasteiger partial charge in [-0.1, -0.05) is 32.0 Å². The van der Waals surface area contributed by atoms with Gasteiger partial charge in [0.2, 0.25) is 0 Å². The highest BCUT2D eigenvalue weighted by Crippen LogP contribution is 2.44. The maximum atomic E-state index is 4.89. The number of fused-ring (bicyclic) bond motifs is 3. The summed E-state index contributed by atoms with van der Waals surface area (Å²) in [6.07, 6.45) is 3.19. The monoisotopic (exact) mass is 332 g/mol. The van der Waals surface area contributed by atoms with E-state index in [2.05, 4.69) is 58.7 Å². The zero-order valence-corrected chi connectivity index (χ0v) is 14.9. The van der Waals surface area contributed by atoms with Gasteiger partial charge in [-0.2, -0.15) is 5.10 Å². The van der Waals surface area contributed by atoms with Crippen LogP contribution in [0.1, 0.15) is 26.0 Å². The maximum absolute atomic E-state index is 4.89. The van der Waals surface area contributed by atoms with Gasteiger partial charge in [0.15, 0.2) is 0 Å². The number of hydrogen-bond donors (Lipinski definition) is 0. The summed E-state index contributed by atoms with van der Waals surface area (Å²) in [5.41, 5.74) is 4.99. The summed E-state index contributed by atoms with van der Waals surface area (Å²) in [5.74, 6) is 0.739. The van der Waals surface area contributed by atoms with Crippen LogP contribution < -0.4 is 0 Å². The number of aromatic nitrogens is 3. The molecule has 1 spiro atoms. The minimum atomic E-state index is 0.338. The van der Waals surface area contributed by atoms with Gasteiger partial charge in [0.25, 0.3) is 0 Å². The van der Waals surface area contributed by atoms with E-state index in [0.717, 1.165) is 29.2 Å². The van der Waals surface area contributed by atoms with Crippen molar-refractivity contribution in [3.63, 3.8) is 0 Å². The molecule has 25 heavy (non-hydrogen) atoms. The Morgan fingerprint density at radius 3 is 2.84 bits per heavy atom. The molecule has 2 aliphatic rings. The number of benzene rings is 1. The first-order valence-electron chi connectivity index (χ1n) is 9.29. The van der Waals surface area contributed by atoms with Crippen LogP contribution in [0.25, 0.3) is 22.2 Å². The van der Waals surface area contributed by atoms with Crippen LogP contribution in [0.15, 0.2) is 42.6 Å². The van der Waals surface area contributed by atoms with Gasteiger partial charge in [-0.05, 0) is 30.5 Å². The van der Waals surface area contributed by atoms with E-state index >= 15 is 0 Å². The third-order valence-electron chi connectivity index (χ3n) is 5.69. The summed E-state index contributed by atoms with van der Waals surface area (Å²) >= 11 is 0. The highest BCUT2D eigenvalue weighted by Gasteiger charge is 2.49. The second-order valence-electron chi connectivity index (χ2n) is 8.15. The molecule has 128 valence electrons. The van der Waals surface area contributed by atoms with E-state index in [1.807, 2.05) is 12.3 Å². The third kappa shape index (κ3) is 2.39. The number of pyridine rings is 1. The van der Waals surface area contributed by atoms with E-state index in [9.17, 15) is 0 Å². The van der Waals surface area contributed by atoms with Crippen molar-refractivity contribution < 1.29 is 0 Å². The molecule has 1 aromatic carbocycles. The summed E-state index contributed by atoms with van der Waals surface area (Å²) in [6, 6.07) is 12.8. The molecule has 4 heterocycles. The second-order valence-corrected chi connectivity index (χ2v) is 8.15. The number of rotatable bonds is 3. The molecule has 0 unspecified atom stereocenters. The number of likely N-dealkylation sites (tertiary alicyclic amines) is 1. The van der Waals surface area contributed by atoms with Crippen LogP contribution in [0.3, 0.4) is 0 Å². The Labute approximate surface area is 148 Å². The first-order chi connectivity index (χ1) is 12.1. The lowest BCUT2D eigenvalue weighted by molar-refractivity contribution is 0.0547. The standard InChI is InChI=1S/C21H24N4/c1-15(2)12-24-13-21(14-24)7-8-25-20(21)10-19(23-25)17-9-16-5-3-4-6-18(16)22-11-17/h3-6,9-11,15H,7-8,12-14H2,1-2H3. The van der Waals surface area contributed by atoms with E-state index in [-0.39, 0.29) is 0 Å². The van der Waals surface area contributed by atoms with Crippen molar-refractivity contribution in [2.24, 2.45) is 5.92 Å². The Morgan fingerprint density at radius 1 is 1.16 bits per heavy atom. The Hall–Kier alpha value is -2.20. The lowest BCUT2D eigenvalue weighted by Gasteiger charge is -2.48. The summed E-state index contributed by atoms with van der Waals surface area (Å²) in [6.45, 7) is 9.23. The summed E-state index contributed by atoms with van der Waals surface area (Å²) < 4.78 is 2.23. The van der Waals surface area contributed by atoms with Crippen LogP contribution in [0.5, 0.6) is 0 Å². The zero-order chi connectivity index (χ0) is 17.0. The molecule has 0 atom stereocenters. The maximum Gasteiger partial charge on any atom is 0.0942 e. The molecule has 0 aliphatic carbocycles. The fraction of sp³-hybridized carbons (Fsp3) is 0.429.